The van der Waals surface area contributed by atoms with Crippen LogP contribution >= 0.6 is 0 Å². The zero-order chi connectivity index (χ0) is 18.9. The van der Waals surface area contributed by atoms with E-state index in [1.807, 2.05) is 12.1 Å². The van der Waals surface area contributed by atoms with Crippen molar-refractivity contribution in [2.45, 2.75) is 31.7 Å². The summed E-state index contributed by atoms with van der Waals surface area (Å²) in [7, 11) is 0. The summed E-state index contributed by atoms with van der Waals surface area (Å²) in [5.41, 5.74) is 7.35. The molecule has 2 aliphatic rings. The van der Waals surface area contributed by atoms with E-state index in [-0.39, 0.29) is 0 Å². The maximum atomic E-state index is 9.20. The molecule has 6 nitrogen and oxygen atoms in total. The van der Waals surface area contributed by atoms with Crippen LogP contribution in [0.5, 0.6) is 0 Å². The quantitative estimate of drug-likeness (QED) is 0.554. The summed E-state index contributed by atoms with van der Waals surface area (Å²) in [6.07, 6.45) is 9.44. The van der Waals surface area contributed by atoms with Crippen LogP contribution in [0.15, 0.2) is 54.1 Å². The molecule has 1 saturated heterocycles. The SMILES string of the molecule is O/N=C1\CCc2cc(-c3cn(C4CCOCC4)nc3-c3ccncc3)ccc21. The van der Waals surface area contributed by atoms with Crippen molar-refractivity contribution >= 4 is 5.71 Å². The van der Waals surface area contributed by atoms with E-state index in [1.54, 1.807) is 12.4 Å². The van der Waals surface area contributed by atoms with Gasteiger partial charge in [-0.2, -0.15) is 5.10 Å². The van der Waals surface area contributed by atoms with Crippen LogP contribution in [0.3, 0.4) is 0 Å². The first-order valence-electron chi connectivity index (χ1n) is 9.75. The average Bonchev–Trinajstić information content (AvgIpc) is 3.39. The Balaban J connectivity index is 1.61. The number of rotatable bonds is 3. The second-order valence-electron chi connectivity index (χ2n) is 7.37. The third-order valence-corrected chi connectivity index (χ3v) is 5.73. The molecule has 5 rings (SSSR count). The molecule has 0 radical (unpaired) electrons. The van der Waals surface area contributed by atoms with Crippen LogP contribution in [0.4, 0.5) is 0 Å². The number of aromatic nitrogens is 3. The fourth-order valence-corrected chi connectivity index (χ4v) is 4.20. The number of ether oxygens (including phenoxy) is 1. The molecule has 6 heteroatoms. The van der Waals surface area contributed by atoms with Gasteiger partial charge in [0.25, 0.3) is 0 Å². The molecule has 1 aromatic carbocycles. The highest BCUT2D eigenvalue weighted by molar-refractivity contribution is 6.04. The topological polar surface area (TPSA) is 72.5 Å². The average molecular weight is 374 g/mol. The van der Waals surface area contributed by atoms with Crippen molar-refractivity contribution in [2.24, 2.45) is 5.16 Å². The molecule has 0 saturated carbocycles. The summed E-state index contributed by atoms with van der Waals surface area (Å²) >= 11 is 0. The maximum absolute atomic E-state index is 9.20. The molecule has 0 spiro atoms. The second-order valence-corrected chi connectivity index (χ2v) is 7.37. The summed E-state index contributed by atoms with van der Waals surface area (Å²) < 4.78 is 7.63. The first-order chi connectivity index (χ1) is 13.8. The molecule has 0 bridgehead atoms. The standard InChI is InChI=1S/C22H22N4O2/c27-25-21-4-2-16-13-17(1-3-19(16)21)20-14-26(18-7-11-28-12-8-18)24-22(20)15-5-9-23-10-6-15/h1,3,5-6,9-10,13-14,18,27H,2,4,7-8,11-12H2/b25-21+. The highest BCUT2D eigenvalue weighted by atomic mass is 16.5. The van der Waals surface area contributed by atoms with Crippen molar-refractivity contribution in [3.63, 3.8) is 0 Å². The molecule has 3 heterocycles. The van der Waals surface area contributed by atoms with E-state index in [0.29, 0.717) is 6.04 Å². The molecule has 0 amide bonds. The number of fused-ring (bicyclic) bond motifs is 1. The van der Waals surface area contributed by atoms with Crippen LogP contribution in [-0.4, -0.2) is 38.9 Å². The molecular weight excluding hydrogens is 352 g/mol. The number of oxime groups is 1. The number of pyridine rings is 1. The summed E-state index contributed by atoms with van der Waals surface area (Å²) in [4.78, 5) is 4.15. The van der Waals surface area contributed by atoms with Gasteiger partial charge < -0.3 is 9.94 Å². The normalized spacial score (nSPS) is 18.5. The van der Waals surface area contributed by atoms with Crippen LogP contribution in [0, 0.1) is 0 Å². The molecule has 0 unspecified atom stereocenters. The van der Waals surface area contributed by atoms with Gasteiger partial charge in [-0.1, -0.05) is 23.4 Å². The van der Waals surface area contributed by atoms with Gasteiger partial charge in [0.1, 0.15) is 5.69 Å². The Kier molecular flexibility index (Phi) is 4.41. The smallest absolute Gasteiger partial charge is 0.100 e. The predicted molar refractivity (Wildman–Crippen MR) is 107 cm³/mol. The van der Waals surface area contributed by atoms with Gasteiger partial charge in [-0.25, -0.2) is 0 Å². The van der Waals surface area contributed by atoms with Crippen LogP contribution in [0.25, 0.3) is 22.4 Å². The van der Waals surface area contributed by atoms with Crippen LogP contribution in [0.1, 0.15) is 36.4 Å². The summed E-state index contributed by atoms with van der Waals surface area (Å²) in [5, 5.41) is 17.6. The molecule has 1 fully saturated rings. The Labute approximate surface area is 163 Å². The maximum Gasteiger partial charge on any atom is 0.100 e. The van der Waals surface area contributed by atoms with E-state index in [1.165, 1.54) is 5.56 Å². The lowest BCUT2D eigenvalue weighted by Crippen LogP contribution is -2.19. The Hall–Kier alpha value is -2.99. The lowest BCUT2D eigenvalue weighted by atomic mass is 9.98. The van der Waals surface area contributed by atoms with Crippen molar-refractivity contribution in [2.75, 3.05) is 13.2 Å². The number of aryl methyl sites for hydroxylation is 1. The van der Waals surface area contributed by atoms with Gasteiger partial charge in [0.05, 0.1) is 11.8 Å². The third kappa shape index (κ3) is 2.99. The highest BCUT2D eigenvalue weighted by Gasteiger charge is 2.23. The van der Waals surface area contributed by atoms with Gasteiger partial charge >= 0.3 is 0 Å². The van der Waals surface area contributed by atoms with Gasteiger partial charge in [-0.3, -0.25) is 9.67 Å². The van der Waals surface area contributed by atoms with E-state index in [2.05, 4.69) is 39.2 Å². The van der Waals surface area contributed by atoms with Gasteiger partial charge in [0.2, 0.25) is 0 Å². The molecule has 2 aromatic heterocycles. The van der Waals surface area contributed by atoms with Crippen molar-refractivity contribution in [1.29, 1.82) is 0 Å². The number of hydrogen-bond acceptors (Lipinski definition) is 5. The van der Waals surface area contributed by atoms with E-state index >= 15 is 0 Å². The first-order valence-corrected chi connectivity index (χ1v) is 9.75. The zero-order valence-electron chi connectivity index (χ0n) is 15.6. The van der Waals surface area contributed by atoms with Gasteiger partial charge in [-0.05, 0) is 48.9 Å². The minimum absolute atomic E-state index is 0.366. The van der Waals surface area contributed by atoms with Crippen molar-refractivity contribution in [3.05, 3.63) is 60.0 Å². The van der Waals surface area contributed by atoms with Crippen LogP contribution in [0.2, 0.25) is 0 Å². The number of nitrogens with zero attached hydrogens (tertiary/aromatic N) is 4. The lowest BCUT2D eigenvalue weighted by Gasteiger charge is -2.22. The zero-order valence-corrected chi connectivity index (χ0v) is 15.6. The lowest BCUT2D eigenvalue weighted by molar-refractivity contribution is 0.0663. The van der Waals surface area contributed by atoms with Gasteiger partial charge in [0.15, 0.2) is 0 Å². The fraction of sp³-hybridized carbons (Fsp3) is 0.318. The molecule has 1 aliphatic heterocycles. The van der Waals surface area contributed by atoms with E-state index in [4.69, 9.17) is 9.84 Å². The molecule has 1 aliphatic carbocycles. The monoisotopic (exact) mass is 374 g/mol. The third-order valence-electron chi connectivity index (χ3n) is 5.73. The molecular formula is C22H22N4O2. The van der Waals surface area contributed by atoms with Gasteiger partial charge in [0, 0.05) is 48.5 Å². The molecule has 0 atom stereocenters. The predicted octanol–water partition coefficient (Wildman–Crippen LogP) is 4.09. The van der Waals surface area contributed by atoms with Crippen molar-refractivity contribution in [3.8, 4) is 22.4 Å². The number of hydrogen-bond donors (Lipinski definition) is 1. The summed E-state index contributed by atoms with van der Waals surface area (Å²) in [5.74, 6) is 0. The van der Waals surface area contributed by atoms with Crippen LogP contribution < -0.4 is 0 Å². The highest BCUT2D eigenvalue weighted by Crippen LogP contribution is 2.35. The first kappa shape index (κ1) is 17.1. The minimum atomic E-state index is 0.366. The molecule has 142 valence electrons. The Morgan fingerprint density at radius 2 is 1.82 bits per heavy atom. The molecule has 28 heavy (non-hydrogen) atoms. The fourth-order valence-electron chi connectivity index (χ4n) is 4.20. The van der Waals surface area contributed by atoms with Gasteiger partial charge in [-0.15, -0.1) is 0 Å². The van der Waals surface area contributed by atoms with Crippen LogP contribution in [-0.2, 0) is 11.2 Å². The summed E-state index contributed by atoms with van der Waals surface area (Å²) in [6, 6.07) is 10.8. The van der Waals surface area contributed by atoms with Crippen molar-refractivity contribution in [1.82, 2.24) is 14.8 Å². The molecule has 1 N–H and O–H groups in total. The second kappa shape index (κ2) is 7.20. The Morgan fingerprint density at radius 1 is 1.00 bits per heavy atom. The Bertz CT molecular complexity index is 1020. The Morgan fingerprint density at radius 3 is 2.61 bits per heavy atom. The molecule has 3 aromatic rings. The van der Waals surface area contributed by atoms with E-state index in [9.17, 15) is 5.21 Å². The van der Waals surface area contributed by atoms with E-state index < -0.39 is 0 Å². The van der Waals surface area contributed by atoms with E-state index in [0.717, 1.165) is 72.6 Å². The summed E-state index contributed by atoms with van der Waals surface area (Å²) in [6.45, 7) is 1.57. The number of benzene rings is 1. The minimum Gasteiger partial charge on any atom is -0.411 e. The largest absolute Gasteiger partial charge is 0.411 e. The van der Waals surface area contributed by atoms with Crippen molar-refractivity contribution < 1.29 is 9.94 Å².